The number of alkyl halides is 3. The maximum atomic E-state index is 12.8. The molecule has 0 spiro atoms. The minimum Gasteiger partial charge on any atom is -0.488 e. The Hall–Kier alpha value is -4.18. The molecule has 0 atom stereocenters. The highest BCUT2D eigenvalue weighted by atomic mass is 32.1. The van der Waals surface area contributed by atoms with Gasteiger partial charge in [0.2, 0.25) is 5.88 Å². The summed E-state index contributed by atoms with van der Waals surface area (Å²) in [5.74, 6) is 1.30. The van der Waals surface area contributed by atoms with Crippen LogP contribution in [-0.4, -0.2) is 17.1 Å². The number of halogens is 3. The maximum Gasteiger partial charge on any atom is 0.416 e. The van der Waals surface area contributed by atoms with Crippen molar-refractivity contribution in [2.24, 2.45) is 0 Å². The molecule has 3 heterocycles. The number of nitrogens with zero attached hydrogens (tertiary/aromatic N) is 2. The number of methoxy groups -OCH3 is 1. The van der Waals surface area contributed by atoms with E-state index >= 15 is 0 Å². The number of pyridine rings is 1. The van der Waals surface area contributed by atoms with Crippen molar-refractivity contribution in [1.29, 1.82) is 0 Å². The van der Waals surface area contributed by atoms with E-state index < -0.39 is 11.7 Å². The Kier molecular flexibility index (Phi) is 6.43. The fourth-order valence-electron chi connectivity index (χ4n) is 3.65. The Bertz CT molecular complexity index is 1630. The third-order valence-corrected chi connectivity index (χ3v) is 6.83. The molecule has 0 bridgehead atoms. The largest absolute Gasteiger partial charge is 0.488 e. The topological polar surface area (TPSA) is 74.5 Å². The average Bonchev–Trinajstić information content (AvgIpc) is 3.27. The van der Waals surface area contributed by atoms with Crippen LogP contribution in [0.25, 0.3) is 32.9 Å². The van der Waals surface area contributed by atoms with Crippen LogP contribution in [-0.2, 0) is 12.8 Å². The van der Waals surface area contributed by atoms with Crippen LogP contribution in [0.15, 0.2) is 76.1 Å². The number of benzene rings is 2. The first-order chi connectivity index (χ1) is 17.7. The van der Waals surface area contributed by atoms with Gasteiger partial charge in [-0.05, 0) is 37.3 Å². The summed E-state index contributed by atoms with van der Waals surface area (Å²) in [7, 11) is 1.52. The second kappa shape index (κ2) is 9.70. The van der Waals surface area contributed by atoms with Gasteiger partial charge in [-0.1, -0.05) is 12.1 Å². The highest BCUT2D eigenvalue weighted by Crippen LogP contribution is 2.33. The summed E-state index contributed by atoms with van der Waals surface area (Å²) in [6, 6.07) is 14.7. The number of thiazole rings is 1. The summed E-state index contributed by atoms with van der Waals surface area (Å²) >= 11 is 1.35. The summed E-state index contributed by atoms with van der Waals surface area (Å²) in [5.41, 5.74) is 1.41. The first-order valence-corrected chi connectivity index (χ1v) is 11.9. The fourth-order valence-corrected chi connectivity index (χ4v) is 4.63. The zero-order chi connectivity index (χ0) is 26.2. The molecule has 0 radical (unpaired) electrons. The maximum absolute atomic E-state index is 12.8. The van der Waals surface area contributed by atoms with Crippen molar-refractivity contribution in [3.05, 3.63) is 93.2 Å². The van der Waals surface area contributed by atoms with Crippen LogP contribution in [0.5, 0.6) is 11.6 Å². The fraction of sp³-hybridized carbons (Fsp3) is 0.148. The van der Waals surface area contributed by atoms with E-state index in [1.807, 2.05) is 6.92 Å². The molecule has 5 aromatic rings. The summed E-state index contributed by atoms with van der Waals surface area (Å²) in [4.78, 5) is 22.1. The number of hydrogen-bond acceptors (Lipinski definition) is 7. The van der Waals surface area contributed by atoms with Crippen LogP contribution >= 0.6 is 11.3 Å². The Labute approximate surface area is 213 Å². The number of ether oxygens (including phenoxy) is 2. The Morgan fingerprint density at radius 2 is 1.76 bits per heavy atom. The molecule has 0 aliphatic heterocycles. The highest BCUT2D eigenvalue weighted by Gasteiger charge is 2.30. The lowest BCUT2D eigenvalue weighted by atomic mass is 10.1. The molecule has 10 heteroatoms. The molecule has 5 rings (SSSR count). The first-order valence-electron chi connectivity index (χ1n) is 11.1. The highest BCUT2D eigenvalue weighted by molar-refractivity contribution is 7.15. The number of rotatable bonds is 6. The van der Waals surface area contributed by atoms with E-state index in [0.29, 0.717) is 44.5 Å². The molecule has 0 saturated heterocycles. The van der Waals surface area contributed by atoms with Crippen LogP contribution in [0.3, 0.4) is 0 Å². The van der Waals surface area contributed by atoms with E-state index in [4.69, 9.17) is 13.9 Å². The molecule has 188 valence electrons. The Morgan fingerprint density at radius 1 is 1.00 bits per heavy atom. The number of hydrogen-bond donors (Lipinski definition) is 0. The number of fused-ring (bicyclic) bond motifs is 1. The van der Waals surface area contributed by atoms with Crippen molar-refractivity contribution >= 4 is 22.3 Å². The van der Waals surface area contributed by atoms with Crippen molar-refractivity contribution in [2.45, 2.75) is 19.7 Å². The molecule has 0 saturated carbocycles. The lowest BCUT2D eigenvalue weighted by molar-refractivity contribution is -0.137. The second-order valence-electron chi connectivity index (χ2n) is 8.11. The average molecular weight is 525 g/mol. The summed E-state index contributed by atoms with van der Waals surface area (Å²) in [6.07, 6.45) is -2.83. The lowest BCUT2D eigenvalue weighted by Crippen LogP contribution is -2.03. The molecule has 37 heavy (non-hydrogen) atoms. The summed E-state index contributed by atoms with van der Waals surface area (Å²) < 4.78 is 55.5. The molecular formula is C27H19F3N2O4S. The number of aromatic nitrogens is 2. The van der Waals surface area contributed by atoms with Gasteiger partial charge in [-0.15, -0.1) is 11.3 Å². The van der Waals surface area contributed by atoms with Crippen molar-refractivity contribution in [1.82, 2.24) is 9.97 Å². The predicted octanol–water partition coefficient (Wildman–Crippen LogP) is 6.89. The van der Waals surface area contributed by atoms with Gasteiger partial charge in [-0.3, -0.25) is 4.79 Å². The third-order valence-electron chi connectivity index (χ3n) is 5.65. The van der Waals surface area contributed by atoms with Gasteiger partial charge in [0.15, 0.2) is 5.43 Å². The van der Waals surface area contributed by atoms with Gasteiger partial charge >= 0.3 is 6.18 Å². The monoisotopic (exact) mass is 524 g/mol. The van der Waals surface area contributed by atoms with Gasteiger partial charge in [0.25, 0.3) is 0 Å². The molecule has 0 amide bonds. The third kappa shape index (κ3) is 5.19. The van der Waals surface area contributed by atoms with Crippen LogP contribution in [0.1, 0.15) is 16.1 Å². The van der Waals surface area contributed by atoms with Crippen molar-refractivity contribution in [2.75, 3.05) is 7.11 Å². The molecule has 2 aromatic carbocycles. The number of aryl methyl sites for hydroxylation is 1. The second-order valence-corrected chi connectivity index (χ2v) is 9.20. The van der Waals surface area contributed by atoms with Crippen LogP contribution in [0.2, 0.25) is 0 Å². The van der Waals surface area contributed by atoms with Crippen LogP contribution in [0, 0.1) is 6.92 Å². The van der Waals surface area contributed by atoms with Crippen molar-refractivity contribution < 1.29 is 27.1 Å². The van der Waals surface area contributed by atoms with Gasteiger partial charge in [-0.25, -0.2) is 9.97 Å². The zero-order valence-corrected chi connectivity index (χ0v) is 20.4. The normalized spacial score (nSPS) is 11.6. The van der Waals surface area contributed by atoms with E-state index in [1.54, 1.807) is 36.5 Å². The van der Waals surface area contributed by atoms with Gasteiger partial charge in [0.05, 0.1) is 28.6 Å². The van der Waals surface area contributed by atoms with Gasteiger partial charge < -0.3 is 13.9 Å². The van der Waals surface area contributed by atoms with Crippen LogP contribution < -0.4 is 14.9 Å². The van der Waals surface area contributed by atoms with E-state index in [1.165, 1.54) is 36.6 Å². The smallest absolute Gasteiger partial charge is 0.416 e. The summed E-state index contributed by atoms with van der Waals surface area (Å²) in [5, 5.41) is 1.02. The molecular weight excluding hydrogens is 505 g/mol. The lowest BCUT2D eigenvalue weighted by Gasteiger charge is -2.08. The quantitative estimate of drug-likeness (QED) is 0.241. The van der Waals surface area contributed by atoms with E-state index in [0.717, 1.165) is 22.7 Å². The predicted molar refractivity (Wildman–Crippen MR) is 134 cm³/mol. The molecule has 0 unspecified atom stereocenters. The zero-order valence-electron chi connectivity index (χ0n) is 19.6. The minimum atomic E-state index is -4.39. The molecule has 0 aliphatic carbocycles. The molecule has 0 fully saturated rings. The van der Waals surface area contributed by atoms with Crippen molar-refractivity contribution in [3.8, 4) is 33.5 Å². The standard InChI is InChI=1S/C27H19F3N2O4S/c1-15-24(37-26(32-15)16-3-6-18(7-4-16)27(28,29)30)14-35-19-8-9-20-21(33)12-22(36-23(20)11-19)17-5-10-25(34-2)31-13-17/h3-13H,14H2,1-2H3. The van der Waals surface area contributed by atoms with E-state index in [9.17, 15) is 18.0 Å². The molecule has 0 aliphatic rings. The molecule has 3 aromatic heterocycles. The Morgan fingerprint density at radius 3 is 2.43 bits per heavy atom. The van der Waals surface area contributed by atoms with E-state index in [2.05, 4.69) is 9.97 Å². The minimum absolute atomic E-state index is 0.196. The van der Waals surface area contributed by atoms with Gasteiger partial charge in [-0.2, -0.15) is 13.2 Å². The van der Waals surface area contributed by atoms with Crippen molar-refractivity contribution in [3.63, 3.8) is 0 Å². The SMILES string of the molecule is COc1ccc(-c2cc(=O)c3ccc(OCc4sc(-c5ccc(C(F)(F)F)cc5)nc4C)cc3o2)cn1. The summed E-state index contributed by atoms with van der Waals surface area (Å²) in [6.45, 7) is 2.01. The van der Waals surface area contributed by atoms with Gasteiger partial charge in [0, 0.05) is 35.5 Å². The first kappa shape index (κ1) is 24.5. The van der Waals surface area contributed by atoms with Crippen LogP contribution in [0.4, 0.5) is 13.2 Å². The van der Waals surface area contributed by atoms with Gasteiger partial charge in [0.1, 0.15) is 28.7 Å². The Balaban J connectivity index is 1.36. The van der Waals surface area contributed by atoms with E-state index in [-0.39, 0.29) is 12.0 Å². The molecule has 0 N–H and O–H groups in total. The molecule has 6 nitrogen and oxygen atoms in total.